The van der Waals surface area contributed by atoms with E-state index in [-0.39, 0.29) is 5.97 Å². The molecule has 0 spiro atoms. The predicted molar refractivity (Wildman–Crippen MR) is 66.0 cm³/mol. The van der Waals surface area contributed by atoms with Crippen LogP contribution in [0, 0.1) is 5.92 Å². The standard InChI is InChI=1S/C11H23NO2S/c1-9(2)5-4-7-14-11(13)10(12)6-8-15-3/h9-10H,4-8,12H2,1-3H3/t10-/m0/s1. The van der Waals surface area contributed by atoms with E-state index >= 15 is 0 Å². The smallest absolute Gasteiger partial charge is 0.322 e. The van der Waals surface area contributed by atoms with Crippen LogP contribution in [-0.2, 0) is 9.53 Å². The summed E-state index contributed by atoms with van der Waals surface area (Å²) in [5.41, 5.74) is 5.66. The highest BCUT2D eigenvalue weighted by molar-refractivity contribution is 7.98. The molecule has 0 rings (SSSR count). The van der Waals surface area contributed by atoms with E-state index in [0.29, 0.717) is 18.9 Å². The minimum Gasteiger partial charge on any atom is -0.465 e. The fourth-order valence-corrected chi connectivity index (χ4v) is 1.62. The summed E-state index contributed by atoms with van der Waals surface area (Å²) in [5, 5.41) is 0. The maximum Gasteiger partial charge on any atom is 0.322 e. The van der Waals surface area contributed by atoms with Crippen LogP contribution in [0.2, 0.25) is 0 Å². The van der Waals surface area contributed by atoms with Gasteiger partial charge < -0.3 is 10.5 Å². The van der Waals surface area contributed by atoms with E-state index in [4.69, 9.17) is 10.5 Å². The Kier molecular flexibility index (Phi) is 8.91. The van der Waals surface area contributed by atoms with Crippen molar-refractivity contribution in [2.45, 2.75) is 39.2 Å². The fraction of sp³-hybridized carbons (Fsp3) is 0.909. The molecule has 15 heavy (non-hydrogen) atoms. The summed E-state index contributed by atoms with van der Waals surface area (Å²) in [6, 6.07) is -0.448. The number of rotatable bonds is 8. The van der Waals surface area contributed by atoms with Crippen molar-refractivity contribution < 1.29 is 9.53 Å². The highest BCUT2D eigenvalue weighted by Crippen LogP contribution is 2.04. The lowest BCUT2D eigenvalue weighted by Crippen LogP contribution is -2.33. The second-order valence-corrected chi connectivity index (χ2v) is 5.08. The number of hydrogen-bond donors (Lipinski definition) is 1. The number of esters is 1. The van der Waals surface area contributed by atoms with Gasteiger partial charge in [0.05, 0.1) is 6.61 Å². The molecule has 0 radical (unpaired) electrons. The van der Waals surface area contributed by atoms with E-state index < -0.39 is 6.04 Å². The van der Waals surface area contributed by atoms with Crippen molar-refractivity contribution in [2.75, 3.05) is 18.6 Å². The molecule has 3 nitrogen and oxygen atoms in total. The predicted octanol–water partition coefficient (Wildman–Crippen LogP) is 2.05. The van der Waals surface area contributed by atoms with Gasteiger partial charge in [0.15, 0.2) is 0 Å². The van der Waals surface area contributed by atoms with Gasteiger partial charge >= 0.3 is 5.97 Å². The maximum absolute atomic E-state index is 11.3. The van der Waals surface area contributed by atoms with Gasteiger partial charge in [-0.05, 0) is 37.2 Å². The summed E-state index contributed by atoms with van der Waals surface area (Å²) < 4.78 is 5.08. The molecule has 0 bridgehead atoms. The zero-order valence-corrected chi connectivity index (χ0v) is 10.8. The Hall–Kier alpha value is -0.220. The number of nitrogens with two attached hydrogens (primary N) is 1. The quantitative estimate of drug-likeness (QED) is 0.515. The van der Waals surface area contributed by atoms with Crippen molar-refractivity contribution in [1.29, 1.82) is 0 Å². The molecule has 0 aliphatic rings. The molecular weight excluding hydrogens is 210 g/mol. The summed E-state index contributed by atoms with van der Waals surface area (Å²) in [4.78, 5) is 11.3. The SMILES string of the molecule is CSCC[C@H](N)C(=O)OCCCC(C)C. The first-order valence-corrected chi connectivity index (χ1v) is 6.88. The average Bonchev–Trinajstić information content (AvgIpc) is 2.20. The number of ether oxygens (including phenoxy) is 1. The third-order valence-corrected chi connectivity index (χ3v) is 2.75. The van der Waals surface area contributed by atoms with Crippen LogP contribution in [0.15, 0.2) is 0 Å². The molecule has 0 fully saturated rings. The summed E-state index contributed by atoms with van der Waals surface area (Å²) >= 11 is 1.69. The molecule has 2 N–H and O–H groups in total. The van der Waals surface area contributed by atoms with Gasteiger partial charge in [0.2, 0.25) is 0 Å². The molecule has 0 saturated heterocycles. The second-order valence-electron chi connectivity index (χ2n) is 4.09. The van der Waals surface area contributed by atoms with Crippen LogP contribution in [0.3, 0.4) is 0 Å². The van der Waals surface area contributed by atoms with Crippen molar-refractivity contribution in [3.05, 3.63) is 0 Å². The molecule has 0 aliphatic heterocycles. The minimum absolute atomic E-state index is 0.257. The van der Waals surface area contributed by atoms with Gasteiger partial charge in [-0.15, -0.1) is 0 Å². The zero-order chi connectivity index (χ0) is 11.7. The molecule has 0 amide bonds. The lowest BCUT2D eigenvalue weighted by Gasteiger charge is -2.11. The van der Waals surface area contributed by atoms with Gasteiger partial charge in [-0.3, -0.25) is 4.79 Å². The number of hydrogen-bond acceptors (Lipinski definition) is 4. The van der Waals surface area contributed by atoms with Gasteiger partial charge in [-0.25, -0.2) is 0 Å². The molecule has 90 valence electrons. The molecule has 0 aromatic carbocycles. The molecular formula is C11H23NO2S. The van der Waals surface area contributed by atoms with Gasteiger partial charge in [-0.1, -0.05) is 13.8 Å². The lowest BCUT2D eigenvalue weighted by molar-refractivity contribution is -0.145. The first kappa shape index (κ1) is 14.8. The Morgan fingerprint density at radius 1 is 1.40 bits per heavy atom. The fourth-order valence-electron chi connectivity index (χ4n) is 1.13. The molecule has 0 aromatic heterocycles. The Morgan fingerprint density at radius 3 is 2.60 bits per heavy atom. The third-order valence-electron chi connectivity index (χ3n) is 2.11. The van der Waals surface area contributed by atoms with Crippen LogP contribution < -0.4 is 5.73 Å². The van der Waals surface area contributed by atoms with Crippen molar-refractivity contribution in [3.63, 3.8) is 0 Å². The lowest BCUT2D eigenvalue weighted by atomic mass is 10.1. The van der Waals surface area contributed by atoms with Crippen LogP contribution in [-0.4, -0.2) is 30.6 Å². The van der Waals surface area contributed by atoms with Crippen LogP contribution in [0.25, 0.3) is 0 Å². The Balaban J connectivity index is 3.47. The van der Waals surface area contributed by atoms with E-state index in [0.717, 1.165) is 18.6 Å². The summed E-state index contributed by atoms with van der Waals surface area (Å²) in [6.45, 7) is 4.82. The third kappa shape index (κ3) is 8.75. The summed E-state index contributed by atoms with van der Waals surface area (Å²) in [5.74, 6) is 1.31. The zero-order valence-electron chi connectivity index (χ0n) is 9.99. The minimum atomic E-state index is -0.448. The van der Waals surface area contributed by atoms with E-state index in [1.165, 1.54) is 0 Å². The molecule has 0 aromatic rings. The van der Waals surface area contributed by atoms with Crippen molar-refractivity contribution in [1.82, 2.24) is 0 Å². The molecule has 0 saturated carbocycles. The largest absolute Gasteiger partial charge is 0.465 e. The molecule has 0 unspecified atom stereocenters. The molecule has 0 aliphatic carbocycles. The first-order valence-electron chi connectivity index (χ1n) is 5.49. The summed E-state index contributed by atoms with van der Waals surface area (Å²) in [7, 11) is 0. The highest BCUT2D eigenvalue weighted by Gasteiger charge is 2.13. The molecule has 4 heteroatoms. The Labute approximate surface area is 97.1 Å². The van der Waals surface area contributed by atoms with Crippen LogP contribution in [0.1, 0.15) is 33.1 Å². The van der Waals surface area contributed by atoms with Crippen LogP contribution >= 0.6 is 11.8 Å². The monoisotopic (exact) mass is 233 g/mol. The van der Waals surface area contributed by atoms with Gasteiger partial charge in [0, 0.05) is 0 Å². The van der Waals surface area contributed by atoms with Gasteiger partial charge in [0.1, 0.15) is 6.04 Å². The van der Waals surface area contributed by atoms with E-state index in [1.54, 1.807) is 11.8 Å². The van der Waals surface area contributed by atoms with Crippen molar-refractivity contribution in [2.24, 2.45) is 11.7 Å². The highest BCUT2D eigenvalue weighted by atomic mass is 32.2. The number of carbonyl (C=O) groups excluding carboxylic acids is 1. The van der Waals surface area contributed by atoms with E-state index in [9.17, 15) is 4.79 Å². The Bertz CT molecular complexity index is 174. The van der Waals surface area contributed by atoms with Gasteiger partial charge in [0.25, 0.3) is 0 Å². The topological polar surface area (TPSA) is 52.3 Å². The van der Waals surface area contributed by atoms with E-state index in [2.05, 4.69) is 13.8 Å². The normalized spacial score (nSPS) is 12.9. The van der Waals surface area contributed by atoms with Crippen molar-refractivity contribution in [3.8, 4) is 0 Å². The van der Waals surface area contributed by atoms with Crippen molar-refractivity contribution >= 4 is 17.7 Å². The first-order chi connectivity index (χ1) is 7.07. The number of thioether (sulfide) groups is 1. The van der Waals surface area contributed by atoms with Crippen LogP contribution in [0.4, 0.5) is 0 Å². The Morgan fingerprint density at radius 2 is 2.07 bits per heavy atom. The second kappa shape index (κ2) is 9.04. The average molecular weight is 233 g/mol. The maximum atomic E-state index is 11.3. The number of carbonyl (C=O) groups is 1. The van der Waals surface area contributed by atoms with Crippen LogP contribution in [0.5, 0.6) is 0 Å². The summed E-state index contributed by atoms with van der Waals surface area (Å²) in [6.07, 6.45) is 4.72. The molecule has 1 atom stereocenters. The van der Waals surface area contributed by atoms with Gasteiger partial charge in [-0.2, -0.15) is 11.8 Å². The molecule has 0 heterocycles. The van der Waals surface area contributed by atoms with E-state index in [1.807, 2.05) is 6.26 Å².